The van der Waals surface area contributed by atoms with Crippen molar-refractivity contribution in [2.45, 2.75) is 50.9 Å². The van der Waals surface area contributed by atoms with Crippen molar-refractivity contribution >= 4 is 17.5 Å². The highest BCUT2D eigenvalue weighted by Gasteiger charge is 2.32. The van der Waals surface area contributed by atoms with Crippen LogP contribution >= 0.6 is 0 Å². The number of carbonyl (C=O) groups is 1. The predicted octanol–water partition coefficient (Wildman–Crippen LogP) is 4.37. The van der Waals surface area contributed by atoms with Gasteiger partial charge in [-0.25, -0.2) is 14.8 Å². The first-order chi connectivity index (χ1) is 15.7. The van der Waals surface area contributed by atoms with Crippen molar-refractivity contribution in [2.24, 2.45) is 0 Å². The van der Waals surface area contributed by atoms with Gasteiger partial charge in [0, 0.05) is 31.5 Å². The highest BCUT2D eigenvalue weighted by molar-refractivity contribution is 5.89. The molecule has 0 unspecified atom stereocenters. The number of carbonyl (C=O) groups excluding carboxylic acids is 1. The summed E-state index contributed by atoms with van der Waals surface area (Å²) in [6.45, 7) is 2.55. The number of anilines is 2. The van der Waals surface area contributed by atoms with Gasteiger partial charge in [0.1, 0.15) is 18.2 Å². The third-order valence-corrected chi connectivity index (χ3v) is 5.35. The maximum atomic E-state index is 13.1. The van der Waals surface area contributed by atoms with Crippen LogP contribution in [0.4, 0.5) is 29.5 Å². The smallest absolute Gasteiger partial charge is 0.416 e. The number of urea groups is 1. The van der Waals surface area contributed by atoms with Crippen LogP contribution < -0.4 is 20.7 Å². The van der Waals surface area contributed by atoms with Gasteiger partial charge in [0.15, 0.2) is 0 Å². The van der Waals surface area contributed by atoms with Crippen molar-refractivity contribution in [1.29, 1.82) is 0 Å². The number of halogens is 3. The zero-order valence-electron chi connectivity index (χ0n) is 18.5. The van der Waals surface area contributed by atoms with E-state index in [2.05, 4.69) is 25.9 Å². The van der Waals surface area contributed by atoms with Crippen molar-refractivity contribution in [3.05, 3.63) is 41.7 Å². The number of hydrogen-bond donors (Lipinski definition) is 3. The van der Waals surface area contributed by atoms with Crippen LogP contribution in [0.15, 0.2) is 30.6 Å². The number of nitrogens with zero attached hydrogens (tertiary/aromatic N) is 2. The zero-order chi connectivity index (χ0) is 23.8. The average molecular weight is 467 g/mol. The summed E-state index contributed by atoms with van der Waals surface area (Å²) < 4.78 is 50.1. The maximum absolute atomic E-state index is 13.1. The van der Waals surface area contributed by atoms with Gasteiger partial charge in [0.25, 0.3) is 0 Å². The molecule has 2 amide bonds. The van der Waals surface area contributed by atoms with E-state index in [0.29, 0.717) is 50.5 Å². The molecule has 11 heteroatoms. The van der Waals surface area contributed by atoms with Gasteiger partial charge in [0.05, 0.1) is 12.2 Å². The van der Waals surface area contributed by atoms with E-state index >= 15 is 0 Å². The van der Waals surface area contributed by atoms with Crippen molar-refractivity contribution in [3.63, 3.8) is 0 Å². The normalized spacial score (nSPS) is 18.5. The molecule has 0 atom stereocenters. The van der Waals surface area contributed by atoms with E-state index in [1.165, 1.54) is 25.4 Å². The molecule has 1 aromatic carbocycles. The Labute approximate surface area is 190 Å². The van der Waals surface area contributed by atoms with E-state index in [9.17, 15) is 18.0 Å². The molecule has 0 bridgehead atoms. The Hall–Kier alpha value is -3.08. The van der Waals surface area contributed by atoms with Crippen LogP contribution in [0, 0.1) is 6.92 Å². The minimum atomic E-state index is -4.47. The Morgan fingerprint density at radius 3 is 2.61 bits per heavy atom. The molecular weight excluding hydrogens is 439 g/mol. The van der Waals surface area contributed by atoms with Crippen molar-refractivity contribution in [3.8, 4) is 5.88 Å². The molecule has 1 aliphatic carbocycles. The van der Waals surface area contributed by atoms with Gasteiger partial charge in [-0.1, -0.05) is 6.07 Å². The number of ether oxygens (including phenoxy) is 2. The Morgan fingerprint density at radius 2 is 1.91 bits per heavy atom. The minimum absolute atomic E-state index is 0.0423. The second kappa shape index (κ2) is 11.2. The fourth-order valence-electron chi connectivity index (χ4n) is 3.64. The molecule has 3 N–H and O–H groups in total. The van der Waals surface area contributed by atoms with Gasteiger partial charge < -0.3 is 25.4 Å². The monoisotopic (exact) mass is 467 g/mol. The molecule has 2 aromatic rings. The lowest BCUT2D eigenvalue weighted by atomic mass is 9.93. The number of aromatic nitrogens is 2. The lowest BCUT2D eigenvalue weighted by molar-refractivity contribution is -0.138. The number of aryl methyl sites for hydroxylation is 1. The Bertz CT molecular complexity index is 934. The van der Waals surface area contributed by atoms with E-state index in [4.69, 9.17) is 9.47 Å². The van der Waals surface area contributed by atoms with Gasteiger partial charge in [-0.15, -0.1) is 0 Å². The van der Waals surface area contributed by atoms with Crippen LogP contribution in [-0.2, 0) is 10.9 Å². The quantitative estimate of drug-likeness (QED) is 0.499. The van der Waals surface area contributed by atoms with E-state index in [1.807, 2.05) is 0 Å². The standard InChI is InChI=1S/C22H28F3N5O3/c1-14-3-4-16(11-18(14)22(23,24)25)30-21(31)29-15-5-7-17(8-6-15)33-20-12-19(27-13-28-20)26-9-10-32-2/h3-4,11-13,15,17H,5-10H2,1-2H3,(H,26,27,28)(H2,29,30,31)/t15-,17+. The SMILES string of the molecule is COCCNc1cc(O[C@H]2CC[C@@H](NC(=O)Nc3ccc(C)c(C(F)(F)F)c3)CC2)ncn1. The summed E-state index contributed by atoms with van der Waals surface area (Å²) in [5.74, 6) is 1.12. The Balaban J connectivity index is 1.45. The molecule has 1 saturated carbocycles. The molecule has 0 saturated heterocycles. The molecule has 0 aliphatic heterocycles. The topological polar surface area (TPSA) is 97.4 Å². The molecule has 8 nitrogen and oxygen atoms in total. The molecule has 0 spiro atoms. The second-order valence-electron chi connectivity index (χ2n) is 7.88. The molecule has 1 aliphatic rings. The number of rotatable bonds is 8. The third kappa shape index (κ3) is 7.48. The van der Waals surface area contributed by atoms with E-state index in [0.717, 1.165) is 6.07 Å². The van der Waals surface area contributed by atoms with Crippen molar-refractivity contribution in [2.75, 3.05) is 30.9 Å². The lowest BCUT2D eigenvalue weighted by Crippen LogP contribution is -2.41. The van der Waals surface area contributed by atoms with Gasteiger partial charge >= 0.3 is 12.2 Å². The molecule has 180 valence electrons. The summed E-state index contributed by atoms with van der Waals surface area (Å²) in [7, 11) is 1.62. The first kappa shape index (κ1) is 24.6. The molecule has 3 rings (SSSR count). The van der Waals surface area contributed by atoms with Crippen molar-refractivity contribution in [1.82, 2.24) is 15.3 Å². The van der Waals surface area contributed by atoms with E-state index in [1.54, 1.807) is 13.2 Å². The molecule has 33 heavy (non-hydrogen) atoms. The average Bonchev–Trinajstić information content (AvgIpc) is 2.76. The van der Waals surface area contributed by atoms with Gasteiger partial charge in [-0.2, -0.15) is 13.2 Å². The van der Waals surface area contributed by atoms with Crippen LogP contribution in [-0.4, -0.2) is 48.4 Å². The molecule has 0 radical (unpaired) electrons. The van der Waals surface area contributed by atoms with Gasteiger partial charge in [-0.3, -0.25) is 0 Å². The largest absolute Gasteiger partial charge is 0.474 e. The molecule has 1 aromatic heterocycles. The summed E-state index contributed by atoms with van der Waals surface area (Å²) >= 11 is 0. The number of amides is 2. The van der Waals surface area contributed by atoms with Crippen LogP contribution in [0.5, 0.6) is 5.88 Å². The summed E-state index contributed by atoms with van der Waals surface area (Å²) in [5, 5.41) is 8.43. The Kier molecular flexibility index (Phi) is 8.32. The highest BCUT2D eigenvalue weighted by Crippen LogP contribution is 2.33. The predicted molar refractivity (Wildman–Crippen MR) is 117 cm³/mol. The van der Waals surface area contributed by atoms with Crippen LogP contribution in [0.3, 0.4) is 0 Å². The second-order valence-corrected chi connectivity index (χ2v) is 7.88. The zero-order valence-corrected chi connectivity index (χ0v) is 18.5. The van der Waals surface area contributed by atoms with Gasteiger partial charge in [-0.05, 0) is 50.3 Å². The Morgan fingerprint density at radius 1 is 1.15 bits per heavy atom. The van der Waals surface area contributed by atoms with Gasteiger partial charge in [0.2, 0.25) is 5.88 Å². The minimum Gasteiger partial charge on any atom is -0.474 e. The number of nitrogens with one attached hydrogen (secondary N) is 3. The fourth-order valence-corrected chi connectivity index (χ4v) is 3.64. The highest BCUT2D eigenvalue weighted by atomic mass is 19.4. The van der Waals surface area contributed by atoms with Crippen LogP contribution in [0.25, 0.3) is 0 Å². The van der Waals surface area contributed by atoms with Crippen LogP contribution in [0.2, 0.25) is 0 Å². The maximum Gasteiger partial charge on any atom is 0.416 e. The number of hydrogen-bond acceptors (Lipinski definition) is 6. The molecule has 1 fully saturated rings. The molecular formula is C22H28F3N5O3. The number of methoxy groups -OCH3 is 1. The van der Waals surface area contributed by atoms with E-state index in [-0.39, 0.29) is 23.4 Å². The van der Waals surface area contributed by atoms with E-state index < -0.39 is 17.8 Å². The van der Waals surface area contributed by atoms with Crippen molar-refractivity contribution < 1.29 is 27.4 Å². The summed E-state index contributed by atoms with van der Waals surface area (Å²) in [6, 6.07) is 4.85. The number of alkyl halides is 3. The summed E-state index contributed by atoms with van der Waals surface area (Å²) in [5.41, 5.74) is -0.561. The lowest BCUT2D eigenvalue weighted by Gasteiger charge is -2.29. The molecule has 1 heterocycles. The third-order valence-electron chi connectivity index (χ3n) is 5.35. The van der Waals surface area contributed by atoms with Crippen LogP contribution in [0.1, 0.15) is 36.8 Å². The first-order valence-electron chi connectivity index (χ1n) is 10.7. The first-order valence-corrected chi connectivity index (χ1v) is 10.7. The summed E-state index contributed by atoms with van der Waals surface area (Å²) in [4.78, 5) is 20.6. The fraction of sp³-hybridized carbons (Fsp3) is 0.500. The summed E-state index contributed by atoms with van der Waals surface area (Å²) in [6.07, 6.45) is -0.292. The number of benzene rings is 1.